The van der Waals surface area contributed by atoms with E-state index in [0.717, 1.165) is 11.1 Å². The molecule has 0 amide bonds. The van der Waals surface area contributed by atoms with Crippen molar-refractivity contribution in [2.24, 2.45) is 5.73 Å². The quantitative estimate of drug-likeness (QED) is 0.293. The van der Waals surface area contributed by atoms with Gasteiger partial charge in [-0.3, -0.25) is 19.4 Å². The molecule has 2 fully saturated rings. The minimum absolute atomic E-state index is 0.0272. The fourth-order valence-electron chi connectivity index (χ4n) is 7.60. The van der Waals surface area contributed by atoms with Crippen LogP contribution in [-0.2, 0) is 20.7 Å². The van der Waals surface area contributed by atoms with Gasteiger partial charge in [-0.15, -0.1) is 11.8 Å². The predicted octanol–water partition coefficient (Wildman–Crippen LogP) is 1.97. The SMILES string of the molecule is COc1c(C)cc2c(c1O)[C@@H]1[C@@H]3[C@@H]4SC[C@H](N)C(=O)OC[C@@H](c5c(O)c(OC)c(C)c(OC(C)=O)c54)N3[C@@H](O)[C@@H](C2)N1C. The zero-order chi connectivity index (χ0) is 31.1. The topological polar surface area (TPSA) is 164 Å². The molecule has 0 aliphatic carbocycles. The summed E-state index contributed by atoms with van der Waals surface area (Å²) in [6, 6.07) is -1.22. The number of nitrogens with zero attached hydrogens (tertiary/aromatic N) is 2. The van der Waals surface area contributed by atoms with Crippen molar-refractivity contribution < 1.29 is 43.9 Å². The van der Waals surface area contributed by atoms with Crippen molar-refractivity contribution >= 4 is 23.7 Å². The van der Waals surface area contributed by atoms with Gasteiger partial charge in [-0.2, -0.15) is 0 Å². The number of fused-ring (bicyclic) bond motifs is 7. The van der Waals surface area contributed by atoms with Crippen LogP contribution in [0.15, 0.2) is 6.07 Å². The average Bonchev–Trinajstić information content (AvgIpc) is 2.95. The maximum atomic E-state index is 12.8. The Balaban J connectivity index is 1.69. The number of ether oxygens (including phenoxy) is 4. The van der Waals surface area contributed by atoms with Crippen molar-refractivity contribution in [1.82, 2.24) is 9.80 Å². The number of aryl methyl sites for hydroxylation is 1. The second-order valence-corrected chi connectivity index (χ2v) is 12.8. The zero-order valence-electron chi connectivity index (χ0n) is 24.9. The molecule has 13 heteroatoms. The van der Waals surface area contributed by atoms with E-state index in [1.54, 1.807) is 6.92 Å². The normalized spacial score (nSPS) is 30.0. The summed E-state index contributed by atoms with van der Waals surface area (Å²) in [5.41, 5.74) is 9.92. The predicted molar refractivity (Wildman–Crippen MR) is 157 cm³/mol. The van der Waals surface area contributed by atoms with Gasteiger partial charge in [0.1, 0.15) is 24.6 Å². The number of benzene rings is 2. The summed E-state index contributed by atoms with van der Waals surface area (Å²) in [6.45, 7) is 4.63. The minimum Gasteiger partial charge on any atom is -0.504 e. The van der Waals surface area contributed by atoms with Crippen LogP contribution in [0.3, 0.4) is 0 Å². The molecule has 4 heterocycles. The van der Waals surface area contributed by atoms with Crippen LogP contribution in [-0.4, -0.2) is 95.0 Å². The van der Waals surface area contributed by atoms with Gasteiger partial charge in [0.15, 0.2) is 23.0 Å². The van der Waals surface area contributed by atoms with E-state index in [0.29, 0.717) is 34.4 Å². The Kier molecular flexibility index (Phi) is 7.45. The minimum atomic E-state index is -1.05. The molecular formula is C30H37N3O9S. The molecule has 5 N–H and O–H groups in total. The molecule has 2 saturated heterocycles. The molecule has 12 nitrogen and oxygen atoms in total. The summed E-state index contributed by atoms with van der Waals surface area (Å²) in [6.07, 6.45) is -0.615. The van der Waals surface area contributed by atoms with Crippen molar-refractivity contribution in [3.05, 3.63) is 39.4 Å². The second-order valence-electron chi connectivity index (χ2n) is 11.6. The molecule has 0 aromatic heterocycles. The molecule has 6 rings (SSSR count). The van der Waals surface area contributed by atoms with Crippen LogP contribution < -0.4 is 19.9 Å². The van der Waals surface area contributed by atoms with Crippen LogP contribution in [0.2, 0.25) is 0 Å². The van der Waals surface area contributed by atoms with Gasteiger partial charge in [0.2, 0.25) is 0 Å². The number of esters is 2. The van der Waals surface area contributed by atoms with Crippen LogP contribution in [0.1, 0.15) is 57.6 Å². The number of phenols is 2. The lowest BCUT2D eigenvalue weighted by atomic mass is 9.73. The van der Waals surface area contributed by atoms with E-state index >= 15 is 0 Å². The summed E-state index contributed by atoms with van der Waals surface area (Å²) in [5, 5.41) is 34.9. The van der Waals surface area contributed by atoms with Crippen molar-refractivity contribution in [2.75, 3.05) is 33.6 Å². The highest BCUT2D eigenvalue weighted by Gasteiger charge is 2.60. The van der Waals surface area contributed by atoms with Crippen LogP contribution in [0.25, 0.3) is 0 Å². The Morgan fingerprint density at radius 2 is 1.77 bits per heavy atom. The molecular weight excluding hydrogens is 578 g/mol. The summed E-state index contributed by atoms with van der Waals surface area (Å²) >= 11 is 1.35. The van der Waals surface area contributed by atoms with Crippen molar-refractivity contribution in [3.8, 4) is 28.7 Å². The zero-order valence-corrected chi connectivity index (χ0v) is 25.7. The molecule has 0 saturated carbocycles. The number of piperazine rings is 1. The van der Waals surface area contributed by atoms with Crippen LogP contribution >= 0.6 is 11.8 Å². The van der Waals surface area contributed by atoms with Crippen molar-refractivity contribution in [3.63, 3.8) is 0 Å². The Bertz CT molecular complexity index is 1520. The Morgan fingerprint density at radius 3 is 2.42 bits per heavy atom. The number of rotatable bonds is 3. The molecule has 4 aliphatic rings. The lowest BCUT2D eigenvalue weighted by Gasteiger charge is -2.62. The maximum absolute atomic E-state index is 12.8. The monoisotopic (exact) mass is 615 g/mol. The first-order valence-electron chi connectivity index (χ1n) is 14.1. The van der Waals surface area contributed by atoms with Gasteiger partial charge < -0.3 is 40.0 Å². The van der Waals surface area contributed by atoms with Gasteiger partial charge >= 0.3 is 11.9 Å². The number of aromatic hydroxyl groups is 2. The number of thioether (sulfide) groups is 1. The van der Waals surface area contributed by atoms with E-state index in [9.17, 15) is 24.9 Å². The Labute approximate surface area is 253 Å². The fraction of sp³-hybridized carbons (Fsp3) is 0.533. The largest absolute Gasteiger partial charge is 0.504 e. The lowest BCUT2D eigenvalue weighted by molar-refractivity contribution is -0.184. The Morgan fingerprint density at radius 1 is 1.09 bits per heavy atom. The highest BCUT2D eigenvalue weighted by atomic mass is 32.2. The van der Waals surface area contributed by atoms with Crippen molar-refractivity contribution in [1.29, 1.82) is 0 Å². The molecule has 4 aliphatic heterocycles. The molecule has 2 aromatic carbocycles. The van der Waals surface area contributed by atoms with E-state index in [-0.39, 0.29) is 41.4 Å². The van der Waals surface area contributed by atoms with E-state index < -0.39 is 47.6 Å². The third kappa shape index (κ3) is 4.27. The third-order valence-electron chi connectivity index (χ3n) is 9.34. The molecule has 2 aromatic rings. The number of methoxy groups -OCH3 is 2. The van der Waals surface area contributed by atoms with Gasteiger partial charge in [0, 0.05) is 41.0 Å². The molecule has 0 spiro atoms. The first kappa shape index (κ1) is 29.8. The smallest absolute Gasteiger partial charge is 0.323 e. The average molecular weight is 616 g/mol. The molecule has 232 valence electrons. The van der Waals surface area contributed by atoms with Gasteiger partial charge in [0.25, 0.3) is 0 Å². The first-order chi connectivity index (χ1) is 20.4. The van der Waals surface area contributed by atoms with Gasteiger partial charge in [0.05, 0.1) is 37.6 Å². The molecule has 0 unspecified atom stereocenters. The Hall–Kier alpha value is -3.23. The van der Waals surface area contributed by atoms with Gasteiger partial charge in [-0.05, 0) is 38.4 Å². The van der Waals surface area contributed by atoms with Crippen LogP contribution in [0.4, 0.5) is 0 Å². The highest BCUT2D eigenvalue weighted by molar-refractivity contribution is 7.99. The van der Waals surface area contributed by atoms with Gasteiger partial charge in [-0.1, -0.05) is 6.07 Å². The summed E-state index contributed by atoms with van der Waals surface area (Å²) in [5.74, 6) is -0.431. The number of hydrogen-bond acceptors (Lipinski definition) is 13. The van der Waals surface area contributed by atoms with E-state index in [1.165, 1.54) is 32.9 Å². The van der Waals surface area contributed by atoms with E-state index in [1.807, 2.05) is 24.9 Å². The number of hydrogen-bond donors (Lipinski definition) is 4. The molecule has 0 radical (unpaired) electrons. The standard InChI is InChI=1S/C30H37N3O9S/c1-11-7-14-8-16-29(37)33-17-9-41-30(38)15(31)10-43-28(22(33)21(32(16)4)18(14)23(35)25(11)39-5)20-19(17)24(36)27(40-6)12(2)26(20)42-13(3)34/h7,15-17,21-22,28-29,35-37H,8-10,31H2,1-6H3/t15-,16+,17-,21+,22+,28+,29-/m0/s1. The lowest BCUT2D eigenvalue weighted by Crippen LogP contribution is -2.69. The third-order valence-corrected chi connectivity index (χ3v) is 10.8. The van der Waals surface area contributed by atoms with Crippen molar-refractivity contribution in [2.45, 2.75) is 68.9 Å². The summed E-state index contributed by atoms with van der Waals surface area (Å²) in [7, 11) is 4.84. The maximum Gasteiger partial charge on any atom is 0.323 e. The number of cyclic esters (lactones) is 1. The van der Waals surface area contributed by atoms with E-state index in [4.69, 9.17) is 24.7 Å². The number of carbonyl (C=O) groups is 2. The number of phenolic OH excluding ortho intramolecular Hbond substituents is 2. The first-order valence-corrected chi connectivity index (χ1v) is 15.2. The highest BCUT2D eigenvalue weighted by Crippen LogP contribution is 2.63. The number of aliphatic hydroxyl groups excluding tert-OH is 1. The summed E-state index contributed by atoms with van der Waals surface area (Å²) < 4.78 is 22.7. The second kappa shape index (κ2) is 10.7. The number of aliphatic hydroxyl groups is 1. The molecule has 43 heavy (non-hydrogen) atoms. The summed E-state index contributed by atoms with van der Waals surface area (Å²) in [4.78, 5) is 29.2. The number of nitrogens with two attached hydrogens (primary N) is 1. The van der Waals surface area contributed by atoms with E-state index in [2.05, 4.69) is 4.90 Å². The number of carbonyl (C=O) groups excluding carboxylic acids is 2. The van der Waals surface area contributed by atoms with Crippen LogP contribution in [0, 0.1) is 13.8 Å². The fourth-order valence-corrected chi connectivity index (χ4v) is 9.03. The van der Waals surface area contributed by atoms with Crippen LogP contribution in [0.5, 0.6) is 28.7 Å². The number of likely N-dealkylation sites (N-methyl/N-ethyl adjacent to an activating group) is 1. The van der Waals surface area contributed by atoms with Gasteiger partial charge in [-0.25, -0.2) is 0 Å². The molecule has 7 atom stereocenters. The molecule has 4 bridgehead atoms.